The molecule has 20 heavy (non-hydrogen) atoms. The zero-order valence-corrected chi connectivity index (χ0v) is 12.0. The molecule has 0 aromatic carbocycles. The minimum absolute atomic E-state index is 0.00253. The lowest BCUT2D eigenvalue weighted by Gasteiger charge is -2.05. The van der Waals surface area contributed by atoms with Crippen LogP contribution in [0.4, 0.5) is 0 Å². The van der Waals surface area contributed by atoms with Crippen LogP contribution in [0, 0.1) is 0 Å². The number of unbranched alkanes of at least 4 members (excludes halogenated alkanes) is 2. The van der Waals surface area contributed by atoms with Crippen molar-refractivity contribution in [3.63, 3.8) is 0 Å². The van der Waals surface area contributed by atoms with Crippen molar-refractivity contribution in [2.45, 2.75) is 39.0 Å². The van der Waals surface area contributed by atoms with Crippen LogP contribution < -0.4 is 10.6 Å². The van der Waals surface area contributed by atoms with Gasteiger partial charge in [0.1, 0.15) is 0 Å². The first-order valence-corrected chi connectivity index (χ1v) is 7.09. The first-order chi connectivity index (χ1) is 9.68. The van der Waals surface area contributed by atoms with Crippen LogP contribution in [0.5, 0.6) is 0 Å². The Kier molecular flexibility index (Phi) is 8.03. The number of hydrogen-bond acceptors (Lipinski definition) is 3. The van der Waals surface area contributed by atoms with Crippen molar-refractivity contribution in [3.05, 3.63) is 30.1 Å². The fourth-order valence-corrected chi connectivity index (χ4v) is 1.82. The van der Waals surface area contributed by atoms with Crippen molar-refractivity contribution < 1.29 is 9.59 Å². The molecule has 1 aromatic heterocycles. The van der Waals surface area contributed by atoms with E-state index in [0.717, 1.165) is 31.4 Å². The van der Waals surface area contributed by atoms with Gasteiger partial charge in [-0.1, -0.05) is 12.5 Å². The molecule has 0 aliphatic carbocycles. The van der Waals surface area contributed by atoms with E-state index in [2.05, 4.69) is 15.6 Å². The lowest BCUT2D eigenvalue weighted by atomic mass is 10.2. The minimum Gasteiger partial charge on any atom is -0.356 e. The van der Waals surface area contributed by atoms with Gasteiger partial charge in [-0.3, -0.25) is 14.6 Å². The zero-order valence-electron chi connectivity index (χ0n) is 12.0. The number of hydrogen-bond donors (Lipinski definition) is 2. The highest BCUT2D eigenvalue weighted by atomic mass is 16.2. The molecule has 0 aliphatic heterocycles. The molecule has 5 nitrogen and oxygen atoms in total. The van der Waals surface area contributed by atoms with Crippen molar-refractivity contribution >= 4 is 11.8 Å². The molecule has 0 fully saturated rings. The van der Waals surface area contributed by atoms with Crippen LogP contribution in [0.3, 0.4) is 0 Å². The van der Waals surface area contributed by atoms with Gasteiger partial charge in [-0.25, -0.2) is 0 Å². The highest BCUT2D eigenvalue weighted by Gasteiger charge is 2.01. The number of nitrogens with zero attached hydrogens (tertiary/aromatic N) is 1. The maximum absolute atomic E-state index is 11.6. The molecule has 0 unspecified atom stereocenters. The predicted molar refractivity (Wildman–Crippen MR) is 78.1 cm³/mol. The Morgan fingerprint density at radius 1 is 1.10 bits per heavy atom. The Bertz CT molecular complexity index is 407. The highest BCUT2D eigenvalue weighted by molar-refractivity contribution is 5.75. The lowest BCUT2D eigenvalue weighted by Crippen LogP contribution is -2.25. The normalized spacial score (nSPS) is 10.1. The summed E-state index contributed by atoms with van der Waals surface area (Å²) in [6, 6.07) is 5.77. The molecular formula is C15H23N3O2. The van der Waals surface area contributed by atoms with Gasteiger partial charge in [0.2, 0.25) is 11.8 Å². The second-order valence-electron chi connectivity index (χ2n) is 4.71. The van der Waals surface area contributed by atoms with Crippen molar-refractivity contribution in [2.24, 2.45) is 0 Å². The van der Waals surface area contributed by atoms with Crippen LogP contribution in [-0.4, -0.2) is 29.9 Å². The summed E-state index contributed by atoms with van der Waals surface area (Å²) in [6.45, 7) is 2.83. The minimum atomic E-state index is -0.00253. The molecule has 0 atom stereocenters. The average molecular weight is 277 g/mol. The molecule has 1 heterocycles. The van der Waals surface area contributed by atoms with Gasteiger partial charge >= 0.3 is 0 Å². The Labute approximate surface area is 120 Å². The van der Waals surface area contributed by atoms with E-state index in [0.29, 0.717) is 19.5 Å². The first kappa shape index (κ1) is 16.1. The Balaban J connectivity index is 1.97. The molecule has 2 amide bonds. The molecule has 0 saturated heterocycles. The zero-order chi connectivity index (χ0) is 14.6. The van der Waals surface area contributed by atoms with Crippen molar-refractivity contribution in [1.29, 1.82) is 0 Å². The summed E-state index contributed by atoms with van der Waals surface area (Å²) in [6.07, 6.45) is 5.79. The monoisotopic (exact) mass is 277 g/mol. The second-order valence-corrected chi connectivity index (χ2v) is 4.71. The van der Waals surface area contributed by atoms with Gasteiger partial charge in [0.25, 0.3) is 0 Å². The van der Waals surface area contributed by atoms with Gasteiger partial charge in [-0.15, -0.1) is 0 Å². The molecule has 5 heteroatoms. The molecular weight excluding hydrogens is 254 g/mol. The number of pyridine rings is 1. The molecule has 1 aromatic rings. The third-order valence-electron chi connectivity index (χ3n) is 2.88. The van der Waals surface area contributed by atoms with Crippen LogP contribution in [0.2, 0.25) is 0 Å². The molecule has 2 N–H and O–H groups in total. The maximum atomic E-state index is 11.6. The van der Waals surface area contributed by atoms with Crippen LogP contribution >= 0.6 is 0 Å². The molecule has 0 saturated carbocycles. The van der Waals surface area contributed by atoms with E-state index in [1.54, 1.807) is 6.20 Å². The number of amides is 2. The summed E-state index contributed by atoms with van der Waals surface area (Å²) in [5.74, 6) is 0.0812. The molecule has 0 radical (unpaired) electrons. The number of carbonyl (C=O) groups excluding carboxylic acids is 2. The van der Waals surface area contributed by atoms with Gasteiger partial charge in [0.15, 0.2) is 0 Å². The summed E-state index contributed by atoms with van der Waals surface area (Å²) in [4.78, 5) is 26.4. The van der Waals surface area contributed by atoms with Gasteiger partial charge in [0.05, 0.1) is 0 Å². The number of aromatic nitrogens is 1. The van der Waals surface area contributed by atoms with Crippen LogP contribution in [0.25, 0.3) is 0 Å². The van der Waals surface area contributed by atoms with Crippen molar-refractivity contribution in [1.82, 2.24) is 15.6 Å². The van der Waals surface area contributed by atoms with E-state index in [1.165, 1.54) is 6.92 Å². The predicted octanol–water partition coefficient (Wildman–Crippen LogP) is 1.44. The van der Waals surface area contributed by atoms with E-state index >= 15 is 0 Å². The van der Waals surface area contributed by atoms with E-state index in [9.17, 15) is 9.59 Å². The smallest absolute Gasteiger partial charge is 0.220 e. The topological polar surface area (TPSA) is 71.1 Å². The van der Waals surface area contributed by atoms with E-state index in [-0.39, 0.29) is 11.8 Å². The first-order valence-electron chi connectivity index (χ1n) is 7.09. The Morgan fingerprint density at radius 3 is 2.65 bits per heavy atom. The van der Waals surface area contributed by atoms with E-state index in [4.69, 9.17) is 0 Å². The SMILES string of the molecule is CC(=O)NCCCCCC(=O)NCCc1ccccn1. The lowest BCUT2D eigenvalue weighted by molar-refractivity contribution is -0.121. The largest absolute Gasteiger partial charge is 0.356 e. The fraction of sp³-hybridized carbons (Fsp3) is 0.533. The molecule has 1 rings (SSSR count). The quantitative estimate of drug-likeness (QED) is 0.671. The van der Waals surface area contributed by atoms with Gasteiger partial charge in [0, 0.05) is 44.7 Å². The number of rotatable bonds is 9. The van der Waals surface area contributed by atoms with E-state index in [1.807, 2.05) is 18.2 Å². The third-order valence-corrected chi connectivity index (χ3v) is 2.88. The standard InChI is InChI=1S/C15H23N3O2/c1-13(19)16-10-5-2-3-8-15(20)18-12-9-14-7-4-6-11-17-14/h4,6-7,11H,2-3,5,8-10,12H2,1H3,(H,16,19)(H,18,20). The van der Waals surface area contributed by atoms with Crippen molar-refractivity contribution in [3.8, 4) is 0 Å². The van der Waals surface area contributed by atoms with Crippen molar-refractivity contribution in [2.75, 3.05) is 13.1 Å². The van der Waals surface area contributed by atoms with Crippen LogP contribution in [-0.2, 0) is 16.0 Å². The molecule has 0 bridgehead atoms. The maximum Gasteiger partial charge on any atom is 0.220 e. The summed E-state index contributed by atoms with van der Waals surface area (Å²) in [5.41, 5.74) is 0.989. The summed E-state index contributed by atoms with van der Waals surface area (Å²) >= 11 is 0. The van der Waals surface area contributed by atoms with Crippen LogP contribution in [0.15, 0.2) is 24.4 Å². The van der Waals surface area contributed by atoms with Gasteiger partial charge in [-0.2, -0.15) is 0 Å². The third kappa shape index (κ3) is 8.24. The van der Waals surface area contributed by atoms with Gasteiger partial charge < -0.3 is 10.6 Å². The molecule has 110 valence electrons. The molecule has 0 spiro atoms. The van der Waals surface area contributed by atoms with Crippen LogP contribution in [0.1, 0.15) is 38.3 Å². The highest BCUT2D eigenvalue weighted by Crippen LogP contribution is 1.99. The number of nitrogens with one attached hydrogen (secondary N) is 2. The summed E-state index contributed by atoms with van der Waals surface area (Å²) in [7, 11) is 0. The second kappa shape index (κ2) is 9.95. The summed E-state index contributed by atoms with van der Waals surface area (Å²) < 4.78 is 0. The van der Waals surface area contributed by atoms with E-state index < -0.39 is 0 Å². The average Bonchev–Trinajstić information content (AvgIpc) is 2.43. The van der Waals surface area contributed by atoms with Gasteiger partial charge in [-0.05, 0) is 25.0 Å². The fourth-order valence-electron chi connectivity index (χ4n) is 1.82. The number of carbonyl (C=O) groups is 2. The summed E-state index contributed by atoms with van der Waals surface area (Å²) in [5, 5.41) is 5.63. The Hall–Kier alpha value is -1.91. The molecule has 0 aliphatic rings. The Morgan fingerprint density at radius 2 is 1.95 bits per heavy atom.